The zero-order valence-corrected chi connectivity index (χ0v) is 11.4. The van der Waals surface area contributed by atoms with Crippen molar-refractivity contribution >= 4 is 17.3 Å². The van der Waals surface area contributed by atoms with Crippen LogP contribution in [0, 0.1) is 6.92 Å². The molecule has 2 aromatic rings. The van der Waals surface area contributed by atoms with Gasteiger partial charge in [-0.2, -0.15) is 5.10 Å². The molecule has 1 aromatic heterocycles. The van der Waals surface area contributed by atoms with E-state index in [1.165, 1.54) is 0 Å². The van der Waals surface area contributed by atoms with Crippen molar-refractivity contribution in [2.75, 3.05) is 17.2 Å². The molecule has 20 heavy (non-hydrogen) atoms. The van der Waals surface area contributed by atoms with Gasteiger partial charge in [0.1, 0.15) is 5.75 Å². The Labute approximate surface area is 116 Å². The number of hydrogen-bond donors (Lipinski definition) is 2. The number of carbonyl (C=O) groups excluding carboxylic acids is 1. The summed E-state index contributed by atoms with van der Waals surface area (Å²) >= 11 is 0. The Bertz CT molecular complexity index is 644. The molecule has 2 N–H and O–H groups in total. The molecule has 3 rings (SSSR count). The lowest BCUT2D eigenvalue weighted by molar-refractivity contribution is -0.118. The van der Waals surface area contributed by atoms with Crippen molar-refractivity contribution in [3.63, 3.8) is 0 Å². The van der Waals surface area contributed by atoms with Crippen LogP contribution in [0.15, 0.2) is 24.4 Å². The number of fused-ring (bicyclic) bond motifs is 1. The number of hydrogen-bond acceptors (Lipinski definition) is 4. The summed E-state index contributed by atoms with van der Waals surface area (Å²) in [5, 5.41) is 10.3. The van der Waals surface area contributed by atoms with E-state index in [1.807, 2.05) is 43.0 Å². The van der Waals surface area contributed by atoms with Crippen molar-refractivity contribution in [3.05, 3.63) is 35.7 Å². The summed E-state index contributed by atoms with van der Waals surface area (Å²) < 4.78 is 7.25. The molecule has 0 bridgehead atoms. The number of aryl methyl sites for hydroxylation is 2. The maximum atomic E-state index is 11.2. The van der Waals surface area contributed by atoms with E-state index in [-0.39, 0.29) is 12.5 Å². The Morgan fingerprint density at radius 2 is 2.35 bits per heavy atom. The molecule has 1 aliphatic rings. The monoisotopic (exact) mass is 272 g/mol. The smallest absolute Gasteiger partial charge is 0.262 e. The summed E-state index contributed by atoms with van der Waals surface area (Å²) in [4.78, 5) is 11.2. The van der Waals surface area contributed by atoms with Crippen LogP contribution in [-0.2, 0) is 18.4 Å². The van der Waals surface area contributed by atoms with E-state index in [1.54, 1.807) is 0 Å². The molecule has 6 nitrogen and oxygen atoms in total. The first-order valence-electron chi connectivity index (χ1n) is 6.41. The van der Waals surface area contributed by atoms with Gasteiger partial charge in [0.15, 0.2) is 6.61 Å². The van der Waals surface area contributed by atoms with E-state index < -0.39 is 0 Å². The first-order chi connectivity index (χ1) is 9.63. The molecule has 1 amide bonds. The fourth-order valence-corrected chi connectivity index (χ4v) is 2.20. The van der Waals surface area contributed by atoms with Crippen LogP contribution in [0.3, 0.4) is 0 Å². The zero-order valence-electron chi connectivity index (χ0n) is 11.4. The van der Waals surface area contributed by atoms with Crippen molar-refractivity contribution in [2.45, 2.75) is 13.5 Å². The van der Waals surface area contributed by atoms with Crippen LogP contribution in [0.4, 0.5) is 11.4 Å². The van der Waals surface area contributed by atoms with Crippen molar-refractivity contribution < 1.29 is 9.53 Å². The Hall–Kier alpha value is -2.50. The number of rotatable bonds is 3. The third-order valence-electron chi connectivity index (χ3n) is 3.34. The third kappa shape index (κ3) is 2.32. The minimum absolute atomic E-state index is 0.0668. The number of carbonyl (C=O) groups is 1. The van der Waals surface area contributed by atoms with E-state index in [2.05, 4.69) is 15.7 Å². The quantitative estimate of drug-likeness (QED) is 0.892. The Morgan fingerprint density at radius 1 is 1.50 bits per heavy atom. The van der Waals surface area contributed by atoms with Crippen LogP contribution in [0.25, 0.3) is 0 Å². The second kappa shape index (κ2) is 4.88. The summed E-state index contributed by atoms with van der Waals surface area (Å²) in [6.45, 7) is 2.79. The molecule has 0 fully saturated rings. The lowest BCUT2D eigenvalue weighted by Gasteiger charge is -2.19. The highest BCUT2D eigenvalue weighted by molar-refractivity contribution is 5.95. The summed E-state index contributed by atoms with van der Waals surface area (Å²) in [5.41, 5.74) is 3.95. The summed E-state index contributed by atoms with van der Waals surface area (Å²) in [7, 11) is 1.93. The van der Waals surface area contributed by atoms with Gasteiger partial charge in [-0.05, 0) is 24.6 Å². The van der Waals surface area contributed by atoms with Gasteiger partial charge in [0.2, 0.25) is 0 Å². The van der Waals surface area contributed by atoms with Crippen LogP contribution in [0.2, 0.25) is 0 Å². The fraction of sp³-hybridized carbons (Fsp3) is 0.286. The average molecular weight is 272 g/mol. The number of amides is 1. The molecule has 104 valence electrons. The molecule has 0 unspecified atom stereocenters. The topological polar surface area (TPSA) is 68.2 Å². The average Bonchev–Trinajstić information content (AvgIpc) is 2.76. The van der Waals surface area contributed by atoms with Gasteiger partial charge in [0.05, 0.1) is 24.1 Å². The van der Waals surface area contributed by atoms with Gasteiger partial charge in [0.25, 0.3) is 5.91 Å². The fourth-order valence-electron chi connectivity index (χ4n) is 2.20. The van der Waals surface area contributed by atoms with Crippen molar-refractivity contribution in [1.29, 1.82) is 0 Å². The van der Waals surface area contributed by atoms with E-state index in [9.17, 15) is 4.79 Å². The molecule has 0 aliphatic carbocycles. The number of anilines is 2. The SMILES string of the molecule is Cc1cnn(C)c1CNc1ccc2c(c1)OCC(=O)N2. The number of ether oxygens (including phenoxy) is 1. The number of nitrogens with zero attached hydrogens (tertiary/aromatic N) is 2. The third-order valence-corrected chi connectivity index (χ3v) is 3.34. The maximum absolute atomic E-state index is 11.2. The molecule has 0 radical (unpaired) electrons. The molecular formula is C14H16N4O2. The lowest BCUT2D eigenvalue weighted by atomic mass is 10.2. The van der Waals surface area contributed by atoms with Crippen LogP contribution < -0.4 is 15.4 Å². The first kappa shape index (κ1) is 12.5. The number of aromatic nitrogens is 2. The Kier molecular flexibility index (Phi) is 3.06. The van der Waals surface area contributed by atoms with Crippen LogP contribution in [-0.4, -0.2) is 22.3 Å². The Balaban J connectivity index is 1.74. The van der Waals surface area contributed by atoms with Crippen molar-refractivity contribution in [3.8, 4) is 5.75 Å². The van der Waals surface area contributed by atoms with Gasteiger partial charge in [-0.1, -0.05) is 0 Å². The first-order valence-corrected chi connectivity index (χ1v) is 6.41. The second-order valence-electron chi connectivity index (χ2n) is 4.80. The molecule has 0 saturated heterocycles. The van der Waals surface area contributed by atoms with Crippen LogP contribution >= 0.6 is 0 Å². The largest absolute Gasteiger partial charge is 0.482 e. The molecular weight excluding hydrogens is 256 g/mol. The van der Waals surface area contributed by atoms with Crippen LogP contribution in [0.5, 0.6) is 5.75 Å². The van der Waals surface area contributed by atoms with E-state index >= 15 is 0 Å². The highest BCUT2D eigenvalue weighted by atomic mass is 16.5. The summed E-state index contributed by atoms with van der Waals surface area (Å²) in [6, 6.07) is 5.64. The second-order valence-corrected chi connectivity index (χ2v) is 4.80. The van der Waals surface area contributed by atoms with Gasteiger partial charge < -0.3 is 15.4 Å². The maximum Gasteiger partial charge on any atom is 0.262 e. The highest BCUT2D eigenvalue weighted by Gasteiger charge is 2.15. The molecule has 2 heterocycles. The number of nitrogens with one attached hydrogen (secondary N) is 2. The lowest BCUT2D eigenvalue weighted by Crippen LogP contribution is -2.25. The van der Waals surface area contributed by atoms with Gasteiger partial charge in [-0.25, -0.2) is 0 Å². The van der Waals surface area contributed by atoms with Gasteiger partial charge >= 0.3 is 0 Å². The predicted molar refractivity (Wildman–Crippen MR) is 75.8 cm³/mol. The molecule has 1 aromatic carbocycles. The molecule has 0 spiro atoms. The van der Waals surface area contributed by atoms with Gasteiger partial charge in [0, 0.05) is 18.8 Å². The minimum Gasteiger partial charge on any atom is -0.482 e. The standard InChI is InChI=1S/C14H16N4O2/c1-9-6-16-18(2)12(9)7-15-10-3-4-11-13(5-10)20-8-14(19)17-11/h3-6,15H,7-8H2,1-2H3,(H,17,19). The van der Waals surface area contributed by atoms with E-state index in [0.717, 1.165) is 16.9 Å². The van der Waals surface area contributed by atoms with E-state index in [4.69, 9.17) is 4.74 Å². The minimum atomic E-state index is -0.122. The molecule has 6 heteroatoms. The molecule has 0 atom stereocenters. The predicted octanol–water partition coefficient (Wildman–Crippen LogP) is 1.67. The molecule has 0 saturated carbocycles. The van der Waals surface area contributed by atoms with Crippen molar-refractivity contribution in [2.24, 2.45) is 7.05 Å². The Morgan fingerprint density at radius 3 is 3.10 bits per heavy atom. The van der Waals surface area contributed by atoms with Crippen molar-refractivity contribution in [1.82, 2.24) is 9.78 Å². The van der Waals surface area contributed by atoms with Gasteiger partial charge in [-0.3, -0.25) is 9.48 Å². The highest BCUT2D eigenvalue weighted by Crippen LogP contribution is 2.30. The zero-order chi connectivity index (χ0) is 14.1. The van der Waals surface area contributed by atoms with Crippen LogP contribution in [0.1, 0.15) is 11.3 Å². The summed E-state index contributed by atoms with van der Waals surface area (Å²) in [5.74, 6) is 0.569. The van der Waals surface area contributed by atoms with E-state index in [0.29, 0.717) is 18.0 Å². The van der Waals surface area contributed by atoms with Gasteiger partial charge in [-0.15, -0.1) is 0 Å². The summed E-state index contributed by atoms with van der Waals surface area (Å²) in [6.07, 6.45) is 1.85. The normalized spacial score (nSPS) is 13.4. The molecule has 1 aliphatic heterocycles. The number of benzene rings is 1.